The molecule has 0 bridgehead atoms. The average Bonchev–Trinajstić information content (AvgIpc) is 2.32. The maximum absolute atomic E-state index is 12.2. The molecule has 96 valence electrons. The summed E-state index contributed by atoms with van der Waals surface area (Å²) < 4.78 is 5.16. The predicted molar refractivity (Wildman–Crippen MR) is 67.3 cm³/mol. The first-order valence-electron chi connectivity index (χ1n) is 5.83. The number of primary amides is 1. The Morgan fingerprint density at radius 2 is 2.06 bits per heavy atom. The van der Waals surface area contributed by atoms with E-state index in [2.05, 4.69) is 0 Å². The first kappa shape index (κ1) is 12.9. The van der Waals surface area contributed by atoms with Gasteiger partial charge in [0.2, 0.25) is 0 Å². The molecule has 1 fully saturated rings. The van der Waals surface area contributed by atoms with Gasteiger partial charge in [-0.25, -0.2) is 4.79 Å². The molecule has 0 spiro atoms. The number of Topliss-reactive ketones (excluding diaryl/α,β-unsaturated/α-hetero) is 1. The summed E-state index contributed by atoms with van der Waals surface area (Å²) in [6.07, 6.45) is 1.44. The van der Waals surface area contributed by atoms with Crippen molar-refractivity contribution in [2.75, 3.05) is 0 Å². The van der Waals surface area contributed by atoms with Gasteiger partial charge in [-0.2, -0.15) is 0 Å². The second-order valence-electron chi connectivity index (χ2n) is 4.36. The van der Waals surface area contributed by atoms with Gasteiger partial charge < -0.3 is 10.5 Å². The normalized spacial score (nSPS) is 23.7. The third-order valence-corrected chi connectivity index (χ3v) is 3.55. The Morgan fingerprint density at radius 3 is 2.67 bits per heavy atom. The van der Waals surface area contributed by atoms with Crippen molar-refractivity contribution in [3.05, 3.63) is 34.9 Å². The third-order valence-electron chi connectivity index (χ3n) is 3.22. The molecule has 0 aromatic heterocycles. The second-order valence-corrected chi connectivity index (χ2v) is 4.77. The summed E-state index contributed by atoms with van der Waals surface area (Å²) in [5, 5.41) is 0.411. The molecule has 1 saturated carbocycles. The van der Waals surface area contributed by atoms with E-state index in [4.69, 9.17) is 22.1 Å². The standard InChI is InChI=1S/C13H14ClNO3/c14-10-6-2-1-5-9(10)13(18-12(15)17)8-4-3-7-11(13)16/h1-2,5-6H,3-4,7-8H2,(H2,15,17). The number of ketones is 1. The molecule has 1 aliphatic carbocycles. The van der Waals surface area contributed by atoms with Crippen molar-refractivity contribution in [1.29, 1.82) is 0 Å². The molecule has 0 saturated heterocycles. The molecule has 1 aromatic rings. The number of hydrogen-bond donors (Lipinski definition) is 1. The van der Waals surface area contributed by atoms with Crippen LogP contribution < -0.4 is 5.73 Å². The lowest BCUT2D eigenvalue weighted by atomic mass is 9.78. The van der Waals surface area contributed by atoms with Gasteiger partial charge in [0.15, 0.2) is 11.4 Å². The monoisotopic (exact) mass is 267 g/mol. The van der Waals surface area contributed by atoms with Crippen LogP contribution in [0.1, 0.15) is 31.2 Å². The summed E-state index contributed by atoms with van der Waals surface area (Å²) in [5.74, 6) is -0.138. The zero-order valence-corrected chi connectivity index (χ0v) is 10.6. The first-order valence-corrected chi connectivity index (χ1v) is 6.21. The number of carbonyl (C=O) groups is 2. The van der Waals surface area contributed by atoms with Crippen LogP contribution in [0.5, 0.6) is 0 Å². The molecule has 2 rings (SSSR count). The van der Waals surface area contributed by atoms with E-state index in [1.54, 1.807) is 24.3 Å². The molecule has 0 aliphatic heterocycles. The minimum Gasteiger partial charge on any atom is -0.430 e. The van der Waals surface area contributed by atoms with E-state index in [9.17, 15) is 9.59 Å². The topological polar surface area (TPSA) is 69.4 Å². The maximum Gasteiger partial charge on any atom is 0.405 e. The first-order chi connectivity index (χ1) is 8.56. The Balaban J connectivity index is 2.51. The second kappa shape index (κ2) is 4.98. The van der Waals surface area contributed by atoms with Crippen LogP contribution in [0.15, 0.2) is 24.3 Å². The number of carbonyl (C=O) groups excluding carboxylic acids is 2. The predicted octanol–water partition coefficient (Wildman–Crippen LogP) is 2.77. The van der Waals surface area contributed by atoms with Crippen LogP contribution in [0.2, 0.25) is 5.02 Å². The van der Waals surface area contributed by atoms with Crippen LogP contribution in [-0.2, 0) is 15.1 Å². The lowest BCUT2D eigenvalue weighted by Gasteiger charge is -2.35. The Kier molecular flexibility index (Phi) is 3.57. The highest BCUT2D eigenvalue weighted by atomic mass is 35.5. The highest BCUT2D eigenvalue weighted by molar-refractivity contribution is 6.31. The van der Waals surface area contributed by atoms with Gasteiger partial charge in [-0.15, -0.1) is 0 Å². The van der Waals surface area contributed by atoms with Crippen molar-refractivity contribution in [3.63, 3.8) is 0 Å². The quantitative estimate of drug-likeness (QED) is 0.896. The summed E-state index contributed by atoms with van der Waals surface area (Å²) >= 11 is 6.11. The summed E-state index contributed by atoms with van der Waals surface area (Å²) in [6, 6.07) is 6.89. The van der Waals surface area contributed by atoms with Crippen molar-refractivity contribution in [2.45, 2.75) is 31.3 Å². The lowest BCUT2D eigenvalue weighted by Crippen LogP contribution is -2.44. The number of halogens is 1. The maximum atomic E-state index is 12.2. The van der Waals surface area contributed by atoms with Gasteiger partial charge >= 0.3 is 6.09 Å². The molecule has 0 radical (unpaired) electrons. The molecule has 1 unspecified atom stereocenters. The van der Waals surface area contributed by atoms with Gasteiger partial charge in [0.1, 0.15) is 0 Å². The zero-order chi connectivity index (χ0) is 13.2. The minimum absolute atomic E-state index is 0.138. The van der Waals surface area contributed by atoms with Crippen molar-refractivity contribution >= 4 is 23.5 Å². The van der Waals surface area contributed by atoms with Gasteiger partial charge in [0, 0.05) is 17.0 Å². The largest absolute Gasteiger partial charge is 0.430 e. The van der Waals surface area contributed by atoms with Crippen LogP contribution in [0.25, 0.3) is 0 Å². The molecule has 4 nitrogen and oxygen atoms in total. The average molecular weight is 268 g/mol. The van der Waals surface area contributed by atoms with Crippen molar-refractivity contribution < 1.29 is 14.3 Å². The van der Waals surface area contributed by atoms with Crippen LogP contribution in [-0.4, -0.2) is 11.9 Å². The van der Waals surface area contributed by atoms with Crippen LogP contribution in [0.3, 0.4) is 0 Å². The molecule has 18 heavy (non-hydrogen) atoms. The molecule has 1 aromatic carbocycles. The van der Waals surface area contributed by atoms with Crippen molar-refractivity contribution in [2.24, 2.45) is 5.73 Å². The molecule has 5 heteroatoms. The molecule has 1 amide bonds. The van der Waals surface area contributed by atoms with Crippen LogP contribution >= 0.6 is 11.6 Å². The number of ether oxygens (including phenoxy) is 1. The van der Waals surface area contributed by atoms with Gasteiger partial charge in [0.05, 0.1) is 0 Å². The van der Waals surface area contributed by atoms with Gasteiger partial charge in [-0.3, -0.25) is 4.79 Å². The fraction of sp³-hybridized carbons (Fsp3) is 0.385. The lowest BCUT2D eigenvalue weighted by molar-refractivity contribution is -0.142. The number of nitrogens with two attached hydrogens (primary N) is 1. The molecule has 1 atom stereocenters. The SMILES string of the molecule is NC(=O)OC1(c2ccccc2Cl)CCCCC1=O. The van der Waals surface area contributed by atoms with E-state index in [1.165, 1.54) is 0 Å². The van der Waals surface area contributed by atoms with E-state index in [0.717, 1.165) is 12.8 Å². The van der Waals surface area contributed by atoms with Gasteiger partial charge in [-0.1, -0.05) is 29.8 Å². The number of hydrogen-bond acceptors (Lipinski definition) is 3. The number of benzene rings is 1. The number of rotatable bonds is 2. The summed E-state index contributed by atoms with van der Waals surface area (Å²) in [4.78, 5) is 23.3. The van der Waals surface area contributed by atoms with Gasteiger partial charge in [0.25, 0.3) is 0 Å². The van der Waals surface area contributed by atoms with E-state index >= 15 is 0 Å². The summed E-state index contributed by atoms with van der Waals surface area (Å²) in [6.45, 7) is 0. The third kappa shape index (κ3) is 2.20. The number of amides is 1. The Morgan fingerprint density at radius 1 is 1.33 bits per heavy atom. The Labute approximate surface area is 110 Å². The Bertz CT molecular complexity index is 489. The summed E-state index contributed by atoms with van der Waals surface area (Å²) in [7, 11) is 0. The van der Waals surface area contributed by atoms with E-state index in [0.29, 0.717) is 23.4 Å². The molecule has 2 N–H and O–H groups in total. The van der Waals surface area contributed by atoms with Gasteiger partial charge in [-0.05, 0) is 25.3 Å². The van der Waals surface area contributed by atoms with Crippen molar-refractivity contribution in [1.82, 2.24) is 0 Å². The Hall–Kier alpha value is -1.55. The highest BCUT2D eigenvalue weighted by Crippen LogP contribution is 2.40. The fourth-order valence-electron chi connectivity index (χ4n) is 2.41. The fourth-order valence-corrected chi connectivity index (χ4v) is 2.70. The van der Waals surface area contributed by atoms with E-state index in [-0.39, 0.29) is 5.78 Å². The summed E-state index contributed by atoms with van der Waals surface area (Å²) in [5.41, 5.74) is 4.32. The molecule has 1 aliphatic rings. The van der Waals surface area contributed by atoms with E-state index < -0.39 is 11.7 Å². The minimum atomic E-state index is -1.30. The van der Waals surface area contributed by atoms with Crippen LogP contribution in [0, 0.1) is 0 Å². The van der Waals surface area contributed by atoms with Crippen molar-refractivity contribution in [3.8, 4) is 0 Å². The zero-order valence-electron chi connectivity index (χ0n) is 9.82. The molecular weight excluding hydrogens is 254 g/mol. The van der Waals surface area contributed by atoms with E-state index in [1.807, 2.05) is 0 Å². The molecule has 0 heterocycles. The highest BCUT2D eigenvalue weighted by Gasteiger charge is 2.46. The molecular formula is C13H14ClNO3. The smallest absolute Gasteiger partial charge is 0.405 e. The van der Waals surface area contributed by atoms with Crippen LogP contribution in [0.4, 0.5) is 4.79 Å².